The highest BCUT2D eigenvalue weighted by molar-refractivity contribution is 7.90. The molecule has 0 bridgehead atoms. The smallest absolute Gasteiger partial charge is 0.309 e. The second kappa shape index (κ2) is 14.7. The van der Waals surface area contributed by atoms with Crippen molar-refractivity contribution >= 4 is 23.4 Å². The van der Waals surface area contributed by atoms with Crippen LogP contribution in [-0.2, 0) is 35.1 Å². The first-order valence-corrected chi connectivity index (χ1v) is 18.4. The first-order chi connectivity index (χ1) is 19.3. The summed E-state index contributed by atoms with van der Waals surface area (Å²) in [4.78, 5) is 13.2. The molecule has 2 aromatic carbocycles. The quantitative estimate of drug-likeness (QED) is 0.169. The summed E-state index contributed by atoms with van der Waals surface area (Å²) in [5, 5.41) is 0. The molecule has 0 aliphatic carbocycles. The van der Waals surface area contributed by atoms with Crippen molar-refractivity contribution in [2.24, 2.45) is 5.92 Å². The summed E-state index contributed by atoms with van der Waals surface area (Å²) < 4.78 is 57.9. The van der Waals surface area contributed by atoms with E-state index in [4.69, 9.17) is 9.26 Å². The molecule has 0 saturated heterocycles. The van der Waals surface area contributed by atoms with Gasteiger partial charge in [-0.3, -0.25) is 9.36 Å². The van der Waals surface area contributed by atoms with Gasteiger partial charge in [0.25, 0.3) is 0 Å². The number of hydrogen-bond donors (Lipinski definition) is 1. The largest absolute Gasteiger partial charge is 0.460 e. The number of nitrogens with one attached hydrogen (secondary N) is 1. The van der Waals surface area contributed by atoms with E-state index >= 15 is 0 Å². The van der Waals surface area contributed by atoms with E-state index in [2.05, 4.69) is 18.6 Å². The minimum atomic E-state index is -4.18. The summed E-state index contributed by atoms with van der Waals surface area (Å²) in [6, 6.07) is 13.3. The fraction of sp³-hybridized carbons (Fsp3) is 0.606. The summed E-state index contributed by atoms with van der Waals surface area (Å²) in [6.07, 6.45) is -0.0212. The van der Waals surface area contributed by atoms with Gasteiger partial charge >= 0.3 is 5.97 Å². The van der Waals surface area contributed by atoms with E-state index in [0.29, 0.717) is 0 Å². The van der Waals surface area contributed by atoms with Crippen LogP contribution in [0.3, 0.4) is 0 Å². The van der Waals surface area contributed by atoms with Gasteiger partial charge in [-0.2, -0.15) is 4.72 Å². The van der Waals surface area contributed by atoms with Crippen molar-refractivity contribution in [1.29, 1.82) is 0 Å². The van der Waals surface area contributed by atoms with E-state index in [1.54, 1.807) is 34.6 Å². The van der Waals surface area contributed by atoms with Crippen LogP contribution >= 0.6 is 7.37 Å². The topological polar surface area (TPSA) is 98.8 Å². The fourth-order valence-electron chi connectivity index (χ4n) is 4.88. The van der Waals surface area contributed by atoms with Crippen molar-refractivity contribution < 1.29 is 27.0 Å². The van der Waals surface area contributed by atoms with Gasteiger partial charge in [-0.1, -0.05) is 90.9 Å². The third kappa shape index (κ3) is 9.77. The number of benzene rings is 2. The van der Waals surface area contributed by atoms with Crippen LogP contribution in [0.15, 0.2) is 47.4 Å². The average molecular weight is 622 g/mol. The van der Waals surface area contributed by atoms with E-state index in [0.717, 1.165) is 22.3 Å². The molecule has 0 heterocycles. The molecule has 3 atom stereocenters. The molecule has 0 aliphatic rings. The van der Waals surface area contributed by atoms with Crippen LogP contribution in [0.4, 0.5) is 0 Å². The lowest BCUT2D eigenvalue weighted by atomic mass is 9.89. The van der Waals surface area contributed by atoms with Crippen LogP contribution in [0.2, 0.25) is 0 Å². The fourth-order valence-corrected chi connectivity index (χ4v) is 10.1. The summed E-state index contributed by atoms with van der Waals surface area (Å²) in [5.41, 5.74) is 2.62. The lowest BCUT2D eigenvalue weighted by molar-refractivity contribution is -0.158. The molecular formula is C33H52NO6PS. The highest BCUT2D eigenvalue weighted by Gasteiger charge is 2.41. The lowest BCUT2D eigenvalue weighted by Crippen LogP contribution is -2.40. The maximum absolute atomic E-state index is 14.7. The first kappa shape index (κ1) is 36.2. The number of hydrogen-bond acceptors (Lipinski definition) is 6. The normalized spacial score (nSPS) is 15.6. The molecule has 1 N–H and O–H groups in total. The highest BCUT2D eigenvalue weighted by Crippen LogP contribution is 2.54. The minimum Gasteiger partial charge on any atom is -0.460 e. The number of carbonyl (C=O) groups is 1. The number of rotatable bonds is 14. The maximum atomic E-state index is 14.7. The van der Waals surface area contributed by atoms with E-state index in [9.17, 15) is 17.8 Å². The molecule has 0 fully saturated rings. The molecule has 2 rings (SSSR count). The molecule has 0 saturated carbocycles. The SMILES string of the molecule is CCOP(=O)(C[C@@H](C)C(=O)OC(C)(C)C)[C@H](Cc1ccccc1)NS(=O)(=O)c1c(C(C)C)cc(C(C)C)cc1C(C)C. The van der Waals surface area contributed by atoms with Crippen molar-refractivity contribution in [3.05, 3.63) is 64.7 Å². The molecule has 9 heteroatoms. The van der Waals surface area contributed by atoms with Gasteiger partial charge < -0.3 is 9.26 Å². The minimum absolute atomic E-state index is 0.0637. The van der Waals surface area contributed by atoms with Crippen LogP contribution in [0.25, 0.3) is 0 Å². The molecule has 1 unspecified atom stereocenters. The molecule has 0 aromatic heterocycles. The third-order valence-corrected chi connectivity index (χ3v) is 11.9. The molecule has 0 aliphatic heterocycles. The van der Waals surface area contributed by atoms with Gasteiger partial charge in [0.1, 0.15) is 11.4 Å². The van der Waals surface area contributed by atoms with Crippen molar-refractivity contribution in [2.45, 2.75) is 117 Å². The summed E-state index contributed by atoms with van der Waals surface area (Å²) >= 11 is 0. The van der Waals surface area contributed by atoms with Gasteiger partial charge in [0.15, 0.2) is 0 Å². The van der Waals surface area contributed by atoms with Crippen molar-refractivity contribution in [3.63, 3.8) is 0 Å². The lowest BCUT2D eigenvalue weighted by Gasteiger charge is -2.31. The highest BCUT2D eigenvalue weighted by atomic mass is 32.2. The number of ether oxygens (including phenoxy) is 1. The molecule has 42 heavy (non-hydrogen) atoms. The van der Waals surface area contributed by atoms with Crippen LogP contribution in [0.1, 0.15) is 116 Å². The zero-order valence-corrected chi connectivity index (χ0v) is 29.1. The van der Waals surface area contributed by atoms with E-state index in [-0.39, 0.29) is 41.8 Å². The van der Waals surface area contributed by atoms with Crippen LogP contribution < -0.4 is 4.72 Å². The molecule has 0 radical (unpaired) electrons. The molecule has 0 amide bonds. The predicted molar refractivity (Wildman–Crippen MR) is 172 cm³/mol. The zero-order chi connectivity index (χ0) is 32.0. The van der Waals surface area contributed by atoms with Gasteiger partial charge in [-0.25, -0.2) is 8.42 Å². The molecule has 7 nitrogen and oxygen atoms in total. The Bertz CT molecular complexity index is 1320. The van der Waals surface area contributed by atoms with Gasteiger partial charge in [0, 0.05) is 6.16 Å². The van der Waals surface area contributed by atoms with Gasteiger partial charge in [0.05, 0.1) is 17.4 Å². The second-order valence-corrected chi connectivity index (χ2v) is 17.4. The molecular weight excluding hydrogens is 569 g/mol. The molecule has 0 spiro atoms. The Hall–Kier alpha value is -1.99. The van der Waals surface area contributed by atoms with Crippen molar-refractivity contribution in [3.8, 4) is 0 Å². The summed E-state index contributed by atoms with van der Waals surface area (Å²) in [6.45, 7) is 20.9. The van der Waals surface area contributed by atoms with Gasteiger partial charge in [-0.15, -0.1) is 0 Å². The monoisotopic (exact) mass is 621 g/mol. The summed E-state index contributed by atoms with van der Waals surface area (Å²) in [5.74, 6) is -2.27. The molecule has 2 aromatic rings. The number of esters is 1. The summed E-state index contributed by atoms with van der Waals surface area (Å²) in [7, 11) is -7.96. The van der Waals surface area contributed by atoms with Crippen molar-refractivity contribution in [2.75, 3.05) is 12.8 Å². The van der Waals surface area contributed by atoms with Crippen LogP contribution in [0, 0.1) is 5.92 Å². The average Bonchev–Trinajstić information content (AvgIpc) is 2.86. The Labute approximate surface area is 254 Å². The Morgan fingerprint density at radius 2 is 1.43 bits per heavy atom. The van der Waals surface area contributed by atoms with E-state index in [1.807, 2.05) is 70.2 Å². The van der Waals surface area contributed by atoms with Crippen molar-refractivity contribution in [1.82, 2.24) is 4.72 Å². The predicted octanol–water partition coefficient (Wildman–Crippen LogP) is 8.20. The Morgan fingerprint density at radius 1 is 0.905 bits per heavy atom. The standard InChI is InChI=1S/C33H52NO6PS/c1-12-39-41(36,21-25(8)32(35)40-33(9,10)11)30(18-26-16-14-13-15-17-26)34-42(37,38)31-28(23(4)5)19-27(22(2)3)20-29(31)24(6)7/h13-17,19-20,22-25,30,34H,12,18,21H2,1-11H3/t25-,30-,41?/m1/s1. The van der Waals surface area contributed by atoms with Gasteiger partial charge in [-0.05, 0) is 74.1 Å². The van der Waals surface area contributed by atoms with E-state index < -0.39 is 40.7 Å². The second-order valence-electron chi connectivity index (χ2n) is 13.1. The van der Waals surface area contributed by atoms with E-state index in [1.165, 1.54) is 0 Å². The van der Waals surface area contributed by atoms with Crippen LogP contribution in [0.5, 0.6) is 0 Å². The van der Waals surface area contributed by atoms with Gasteiger partial charge in [0.2, 0.25) is 17.4 Å². The maximum Gasteiger partial charge on any atom is 0.309 e. The number of carbonyl (C=O) groups excluding carboxylic acids is 1. The molecule has 236 valence electrons. The number of sulfonamides is 1. The Balaban J connectivity index is 2.71. The first-order valence-electron chi connectivity index (χ1n) is 15.0. The zero-order valence-electron chi connectivity index (χ0n) is 27.4. The third-order valence-electron chi connectivity index (χ3n) is 7.07. The Morgan fingerprint density at radius 3 is 1.86 bits per heavy atom. The van der Waals surface area contributed by atoms with Crippen LogP contribution in [-0.4, -0.2) is 38.5 Å². The Kier molecular flexibility index (Phi) is 12.6.